The van der Waals surface area contributed by atoms with E-state index in [1.165, 1.54) is 19.0 Å². The molecule has 1 N–H and O–H groups in total. The maximum atomic E-state index is 12.0. The third-order valence-corrected chi connectivity index (χ3v) is 5.57. The summed E-state index contributed by atoms with van der Waals surface area (Å²) in [5.41, 5.74) is 1.63. The minimum Gasteiger partial charge on any atom is -0.497 e. The summed E-state index contributed by atoms with van der Waals surface area (Å²) in [6.07, 6.45) is 1.34. The number of anilines is 3. The number of ether oxygens (including phenoxy) is 2. The summed E-state index contributed by atoms with van der Waals surface area (Å²) in [4.78, 5) is 24.3. The van der Waals surface area contributed by atoms with Crippen molar-refractivity contribution in [2.45, 2.75) is 6.54 Å². The number of benzene rings is 2. The Morgan fingerprint density at radius 3 is 2.45 bits per heavy atom. The summed E-state index contributed by atoms with van der Waals surface area (Å²) in [6, 6.07) is 15.4. The molecule has 0 unspecified atom stereocenters. The molecule has 0 saturated carbocycles. The van der Waals surface area contributed by atoms with Crippen molar-refractivity contribution >= 4 is 23.0 Å². The third kappa shape index (κ3) is 5.12. The van der Waals surface area contributed by atoms with Gasteiger partial charge in [-0.05, 0) is 17.7 Å². The molecule has 2 heterocycles. The number of methoxy groups -OCH3 is 2. The van der Waals surface area contributed by atoms with E-state index in [1.54, 1.807) is 25.3 Å². The van der Waals surface area contributed by atoms with E-state index in [9.17, 15) is 10.1 Å². The summed E-state index contributed by atoms with van der Waals surface area (Å²) < 4.78 is 10.6. The largest absolute Gasteiger partial charge is 0.497 e. The number of hydrogen-bond acceptors (Lipinski definition) is 9. The molecule has 0 radical (unpaired) electrons. The van der Waals surface area contributed by atoms with Gasteiger partial charge in [-0.3, -0.25) is 15.0 Å². The van der Waals surface area contributed by atoms with Gasteiger partial charge in [0.25, 0.3) is 0 Å². The number of nitrogens with zero attached hydrogens (tertiary/aromatic N) is 5. The SMILES string of the molecule is COc1ccc(Nc2ncnc(N3CCN(Cc4ccccc4)CC3)c2[N+](=O)[O-])c(OC)c1. The zero-order valence-electron chi connectivity index (χ0n) is 18.6. The highest BCUT2D eigenvalue weighted by Gasteiger charge is 2.29. The van der Waals surface area contributed by atoms with Gasteiger partial charge in [-0.1, -0.05) is 30.3 Å². The van der Waals surface area contributed by atoms with Crippen molar-refractivity contribution in [3.8, 4) is 11.5 Å². The Balaban J connectivity index is 1.53. The Kier molecular flexibility index (Phi) is 6.84. The number of nitro groups is 1. The van der Waals surface area contributed by atoms with E-state index in [0.717, 1.165) is 19.6 Å². The van der Waals surface area contributed by atoms with Crippen molar-refractivity contribution in [2.24, 2.45) is 0 Å². The van der Waals surface area contributed by atoms with E-state index in [-0.39, 0.29) is 11.5 Å². The van der Waals surface area contributed by atoms with Gasteiger partial charge in [0.05, 0.1) is 24.8 Å². The molecule has 2 aromatic carbocycles. The first-order valence-electron chi connectivity index (χ1n) is 10.6. The number of aromatic nitrogens is 2. The average molecular weight is 450 g/mol. The van der Waals surface area contributed by atoms with Crippen LogP contribution in [0.2, 0.25) is 0 Å². The summed E-state index contributed by atoms with van der Waals surface area (Å²) in [5, 5.41) is 15.1. The van der Waals surface area contributed by atoms with Crippen LogP contribution in [-0.4, -0.2) is 60.2 Å². The second-order valence-corrected chi connectivity index (χ2v) is 7.59. The standard InChI is InChI=1S/C23H26N6O4/c1-32-18-8-9-19(20(14-18)33-2)26-22-21(29(30)31)23(25-16-24-22)28-12-10-27(11-13-28)15-17-6-4-3-5-7-17/h3-9,14,16H,10-13,15H2,1-2H3,(H,24,25,26). The molecule has 33 heavy (non-hydrogen) atoms. The number of hydrogen-bond donors (Lipinski definition) is 1. The van der Waals surface area contributed by atoms with Crippen LogP contribution < -0.4 is 19.7 Å². The Hall–Kier alpha value is -3.92. The second-order valence-electron chi connectivity index (χ2n) is 7.59. The lowest BCUT2D eigenvalue weighted by atomic mass is 10.2. The minimum absolute atomic E-state index is 0.111. The van der Waals surface area contributed by atoms with Gasteiger partial charge in [0, 0.05) is 38.8 Å². The molecular formula is C23H26N6O4. The summed E-state index contributed by atoms with van der Waals surface area (Å²) >= 11 is 0. The Bertz CT molecular complexity index is 1100. The van der Waals surface area contributed by atoms with Gasteiger partial charge >= 0.3 is 5.69 Å². The van der Waals surface area contributed by atoms with Crippen LogP contribution >= 0.6 is 0 Å². The molecule has 0 aliphatic carbocycles. The van der Waals surface area contributed by atoms with Crippen LogP contribution in [0.3, 0.4) is 0 Å². The number of piperazine rings is 1. The molecule has 10 heteroatoms. The van der Waals surface area contributed by atoms with E-state index >= 15 is 0 Å². The van der Waals surface area contributed by atoms with Crippen LogP contribution in [0.25, 0.3) is 0 Å². The fourth-order valence-corrected chi connectivity index (χ4v) is 3.85. The Morgan fingerprint density at radius 2 is 1.79 bits per heavy atom. The molecule has 0 amide bonds. The fraction of sp³-hybridized carbons (Fsp3) is 0.304. The maximum Gasteiger partial charge on any atom is 0.353 e. The maximum absolute atomic E-state index is 12.0. The highest BCUT2D eigenvalue weighted by Crippen LogP contribution is 2.37. The van der Waals surface area contributed by atoms with E-state index < -0.39 is 4.92 Å². The van der Waals surface area contributed by atoms with E-state index in [1.807, 2.05) is 23.1 Å². The summed E-state index contributed by atoms with van der Waals surface area (Å²) in [5.74, 6) is 1.52. The van der Waals surface area contributed by atoms with Gasteiger partial charge in [-0.2, -0.15) is 0 Å². The molecule has 1 saturated heterocycles. The van der Waals surface area contributed by atoms with Crippen LogP contribution in [-0.2, 0) is 6.54 Å². The monoisotopic (exact) mass is 450 g/mol. The van der Waals surface area contributed by atoms with E-state index in [2.05, 4.69) is 32.3 Å². The van der Waals surface area contributed by atoms with Crippen molar-refractivity contribution in [3.05, 3.63) is 70.5 Å². The zero-order chi connectivity index (χ0) is 23.2. The van der Waals surface area contributed by atoms with Gasteiger partial charge in [0.2, 0.25) is 11.6 Å². The molecule has 1 aromatic heterocycles. The molecule has 10 nitrogen and oxygen atoms in total. The highest BCUT2D eigenvalue weighted by atomic mass is 16.6. The highest BCUT2D eigenvalue weighted by molar-refractivity contribution is 5.76. The van der Waals surface area contributed by atoms with E-state index in [0.29, 0.717) is 36.1 Å². The predicted octanol–water partition coefficient (Wildman–Crippen LogP) is 3.47. The fourth-order valence-electron chi connectivity index (χ4n) is 3.85. The smallest absolute Gasteiger partial charge is 0.353 e. The molecule has 0 spiro atoms. The zero-order valence-corrected chi connectivity index (χ0v) is 18.6. The minimum atomic E-state index is -0.440. The second kappa shape index (κ2) is 10.1. The van der Waals surface area contributed by atoms with Gasteiger partial charge < -0.3 is 19.7 Å². The topological polar surface area (TPSA) is 106 Å². The summed E-state index contributed by atoms with van der Waals surface area (Å²) in [6.45, 7) is 3.69. The van der Waals surface area contributed by atoms with Crippen molar-refractivity contribution < 1.29 is 14.4 Å². The third-order valence-electron chi connectivity index (χ3n) is 5.57. The first-order chi connectivity index (χ1) is 16.1. The van der Waals surface area contributed by atoms with Crippen molar-refractivity contribution in [2.75, 3.05) is 50.6 Å². The normalized spacial score (nSPS) is 14.1. The number of nitrogens with one attached hydrogen (secondary N) is 1. The lowest BCUT2D eigenvalue weighted by molar-refractivity contribution is -0.383. The van der Waals surface area contributed by atoms with E-state index in [4.69, 9.17) is 9.47 Å². The van der Waals surface area contributed by atoms with Gasteiger partial charge in [-0.25, -0.2) is 9.97 Å². The average Bonchev–Trinajstić information content (AvgIpc) is 2.85. The van der Waals surface area contributed by atoms with Crippen molar-refractivity contribution in [1.82, 2.24) is 14.9 Å². The van der Waals surface area contributed by atoms with Gasteiger partial charge in [0.1, 0.15) is 17.8 Å². The van der Waals surface area contributed by atoms with Crippen LogP contribution in [0, 0.1) is 10.1 Å². The van der Waals surface area contributed by atoms with Crippen molar-refractivity contribution in [3.63, 3.8) is 0 Å². The molecule has 4 rings (SSSR count). The first kappa shape index (κ1) is 22.3. The quantitative estimate of drug-likeness (QED) is 0.408. The molecule has 0 atom stereocenters. The van der Waals surface area contributed by atoms with Crippen LogP contribution in [0.4, 0.5) is 23.0 Å². The van der Waals surface area contributed by atoms with Crippen LogP contribution in [0.15, 0.2) is 54.9 Å². The number of rotatable bonds is 8. The Morgan fingerprint density at radius 1 is 1.03 bits per heavy atom. The van der Waals surface area contributed by atoms with Crippen molar-refractivity contribution in [1.29, 1.82) is 0 Å². The lowest BCUT2D eigenvalue weighted by Crippen LogP contribution is -2.46. The molecule has 172 valence electrons. The van der Waals surface area contributed by atoms with Gasteiger partial charge in [-0.15, -0.1) is 0 Å². The van der Waals surface area contributed by atoms with Crippen LogP contribution in [0.5, 0.6) is 11.5 Å². The van der Waals surface area contributed by atoms with Gasteiger partial charge in [0.15, 0.2) is 0 Å². The predicted molar refractivity (Wildman–Crippen MR) is 125 cm³/mol. The lowest BCUT2D eigenvalue weighted by Gasteiger charge is -2.35. The molecular weight excluding hydrogens is 424 g/mol. The first-order valence-corrected chi connectivity index (χ1v) is 10.6. The van der Waals surface area contributed by atoms with Crippen LogP contribution in [0.1, 0.15) is 5.56 Å². The summed E-state index contributed by atoms with van der Waals surface area (Å²) in [7, 11) is 3.08. The molecule has 0 bridgehead atoms. The molecule has 1 aliphatic rings. The molecule has 3 aromatic rings. The Labute approximate surface area is 191 Å². The molecule has 1 aliphatic heterocycles. The molecule has 1 fully saturated rings.